The smallest absolute Gasteiger partial charge is 0.251 e. The molecule has 0 saturated carbocycles. The van der Waals surface area contributed by atoms with Crippen LogP contribution in [0.2, 0.25) is 0 Å². The summed E-state index contributed by atoms with van der Waals surface area (Å²) in [5.41, 5.74) is 3.83. The van der Waals surface area contributed by atoms with Gasteiger partial charge in [0.05, 0.1) is 13.2 Å². The van der Waals surface area contributed by atoms with Crippen molar-refractivity contribution >= 4 is 5.91 Å². The van der Waals surface area contributed by atoms with Crippen LogP contribution in [0.15, 0.2) is 36.4 Å². The lowest BCUT2D eigenvalue weighted by molar-refractivity contribution is 0.0857. The van der Waals surface area contributed by atoms with Crippen LogP contribution in [0.25, 0.3) is 0 Å². The van der Waals surface area contributed by atoms with Gasteiger partial charge in [0, 0.05) is 24.3 Å². The van der Waals surface area contributed by atoms with Crippen LogP contribution in [-0.2, 0) is 11.3 Å². The first kappa shape index (κ1) is 19.2. The van der Waals surface area contributed by atoms with Crippen molar-refractivity contribution in [1.29, 1.82) is 0 Å². The maximum absolute atomic E-state index is 12.5. The van der Waals surface area contributed by atoms with Gasteiger partial charge in [0.1, 0.15) is 18.1 Å². The van der Waals surface area contributed by atoms with Crippen molar-refractivity contribution in [3.05, 3.63) is 58.7 Å². The molecule has 1 atom stereocenters. The van der Waals surface area contributed by atoms with Gasteiger partial charge in [-0.2, -0.15) is 0 Å². The molecule has 1 N–H and O–H groups in total. The Morgan fingerprint density at radius 2 is 2.04 bits per heavy atom. The molecule has 0 bridgehead atoms. The minimum Gasteiger partial charge on any atom is -0.496 e. The molecular formula is C22H27NO4. The molecule has 2 aromatic carbocycles. The Labute approximate surface area is 160 Å². The van der Waals surface area contributed by atoms with Crippen LogP contribution < -0.4 is 14.8 Å². The van der Waals surface area contributed by atoms with Gasteiger partial charge < -0.3 is 19.5 Å². The van der Waals surface area contributed by atoms with Gasteiger partial charge in [0.15, 0.2) is 0 Å². The molecular weight excluding hydrogens is 342 g/mol. The van der Waals surface area contributed by atoms with Gasteiger partial charge in [-0.3, -0.25) is 4.79 Å². The molecule has 0 aromatic heterocycles. The third kappa shape index (κ3) is 5.01. The molecule has 1 aliphatic heterocycles. The van der Waals surface area contributed by atoms with E-state index in [2.05, 4.69) is 19.2 Å². The van der Waals surface area contributed by atoms with Crippen molar-refractivity contribution < 1.29 is 19.0 Å². The van der Waals surface area contributed by atoms with E-state index >= 15 is 0 Å². The Balaban J connectivity index is 1.66. The van der Waals surface area contributed by atoms with E-state index in [1.165, 1.54) is 11.1 Å². The van der Waals surface area contributed by atoms with E-state index in [0.717, 1.165) is 30.8 Å². The van der Waals surface area contributed by atoms with E-state index in [1.807, 2.05) is 24.3 Å². The minimum absolute atomic E-state index is 0.111. The number of carbonyl (C=O) groups is 1. The lowest BCUT2D eigenvalue weighted by atomic mass is 10.1. The fourth-order valence-electron chi connectivity index (χ4n) is 3.11. The molecule has 5 heteroatoms. The number of hydrogen-bond acceptors (Lipinski definition) is 4. The number of benzene rings is 2. The van der Waals surface area contributed by atoms with Crippen molar-refractivity contribution in [2.24, 2.45) is 0 Å². The Bertz CT molecular complexity index is 797. The molecule has 27 heavy (non-hydrogen) atoms. The zero-order valence-corrected chi connectivity index (χ0v) is 16.2. The summed E-state index contributed by atoms with van der Waals surface area (Å²) in [6.07, 6.45) is 2.18. The van der Waals surface area contributed by atoms with Crippen LogP contribution in [0.4, 0.5) is 0 Å². The Hall–Kier alpha value is -2.53. The number of nitrogens with one attached hydrogen (secondary N) is 1. The van der Waals surface area contributed by atoms with Crippen LogP contribution >= 0.6 is 0 Å². The number of rotatable bonds is 7. The Morgan fingerprint density at radius 3 is 2.74 bits per heavy atom. The van der Waals surface area contributed by atoms with E-state index in [4.69, 9.17) is 14.2 Å². The summed E-state index contributed by atoms with van der Waals surface area (Å²) in [6, 6.07) is 11.4. The molecule has 1 saturated heterocycles. The summed E-state index contributed by atoms with van der Waals surface area (Å²) in [5.74, 6) is 1.39. The summed E-state index contributed by atoms with van der Waals surface area (Å²) in [7, 11) is 1.62. The zero-order valence-electron chi connectivity index (χ0n) is 16.2. The third-order valence-electron chi connectivity index (χ3n) is 4.93. The average Bonchev–Trinajstić information content (AvgIpc) is 3.20. The van der Waals surface area contributed by atoms with Gasteiger partial charge in [-0.15, -0.1) is 0 Å². The highest BCUT2D eigenvalue weighted by molar-refractivity contribution is 5.94. The molecule has 0 spiro atoms. The van der Waals surface area contributed by atoms with E-state index in [1.54, 1.807) is 19.2 Å². The van der Waals surface area contributed by atoms with Crippen LogP contribution in [0.3, 0.4) is 0 Å². The first-order valence-electron chi connectivity index (χ1n) is 9.33. The first-order valence-corrected chi connectivity index (χ1v) is 9.33. The fourth-order valence-corrected chi connectivity index (χ4v) is 3.11. The molecule has 1 fully saturated rings. The molecule has 0 radical (unpaired) electrons. The largest absolute Gasteiger partial charge is 0.496 e. The highest BCUT2D eigenvalue weighted by Gasteiger charge is 2.17. The highest BCUT2D eigenvalue weighted by atomic mass is 16.5. The summed E-state index contributed by atoms with van der Waals surface area (Å²) in [5, 5.41) is 2.95. The van der Waals surface area contributed by atoms with Crippen LogP contribution in [0.5, 0.6) is 11.5 Å². The molecule has 144 valence electrons. The van der Waals surface area contributed by atoms with Gasteiger partial charge in [-0.05, 0) is 68.1 Å². The molecule has 0 aliphatic carbocycles. The predicted molar refractivity (Wildman–Crippen MR) is 105 cm³/mol. The second-order valence-electron chi connectivity index (χ2n) is 6.91. The molecule has 1 amide bonds. The van der Waals surface area contributed by atoms with E-state index in [0.29, 0.717) is 24.5 Å². The molecule has 2 aromatic rings. The SMILES string of the molecule is COc1ccc(C(=O)NCC2CCCO2)cc1COc1ccc(C)c(C)c1. The number of aryl methyl sites for hydroxylation is 2. The highest BCUT2D eigenvalue weighted by Crippen LogP contribution is 2.23. The fraction of sp³-hybridized carbons (Fsp3) is 0.409. The maximum atomic E-state index is 12.5. The summed E-state index contributed by atoms with van der Waals surface area (Å²) >= 11 is 0. The lowest BCUT2D eigenvalue weighted by Crippen LogP contribution is -2.31. The molecule has 1 aliphatic rings. The average molecular weight is 369 g/mol. The van der Waals surface area contributed by atoms with Gasteiger partial charge in [-0.1, -0.05) is 6.07 Å². The monoisotopic (exact) mass is 369 g/mol. The van der Waals surface area contributed by atoms with Gasteiger partial charge in [0.25, 0.3) is 5.91 Å². The predicted octanol–water partition coefficient (Wildman–Crippen LogP) is 3.80. The van der Waals surface area contributed by atoms with E-state index in [9.17, 15) is 4.79 Å². The Kier molecular flexibility index (Phi) is 6.35. The van der Waals surface area contributed by atoms with Crippen molar-refractivity contribution in [3.8, 4) is 11.5 Å². The first-order chi connectivity index (χ1) is 13.1. The summed E-state index contributed by atoms with van der Waals surface area (Å²) in [6.45, 7) is 5.78. The van der Waals surface area contributed by atoms with E-state index < -0.39 is 0 Å². The number of amides is 1. The van der Waals surface area contributed by atoms with Crippen molar-refractivity contribution in [2.45, 2.75) is 39.4 Å². The number of ether oxygens (including phenoxy) is 3. The molecule has 5 nitrogen and oxygen atoms in total. The second-order valence-corrected chi connectivity index (χ2v) is 6.91. The summed E-state index contributed by atoms with van der Waals surface area (Å²) < 4.78 is 16.9. The molecule has 1 heterocycles. The minimum atomic E-state index is -0.111. The standard InChI is InChI=1S/C22H27NO4/c1-15-6-8-19(11-16(15)2)27-14-18-12-17(7-9-21(18)25-3)22(24)23-13-20-5-4-10-26-20/h6-9,11-12,20H,4-5,10,13-14H2,1-3H3,(H,23,24). The van der Waals surface area contributed by atoms with Crippen LogP contribution in [0.1, 0.15) is 39.9 Å². The van der Waals surface area contributed by atoms with Gasteiger partial charge in [-0.25, -0.2) is 0 Å². The summed E-state index contributed by atoms with van der Waals surface area (Å²) in [4.78, 5) is 12.5. The van der Waals surface area contributed by atoms with Crippen molar-refractivity contribution in [3.63, 3.8) is 0 Å². The normalized spacial score (nSPS) is 16.2. The molecule has 3 rings (SSSR count). The number of methoxy groups -OCH3 is 1. The quantitative estimate of drug-likeness (QED) is 0.807. The van der Waals surface area contributed by atoms with Gasteiger partial charge in [0.2, 0.25) is 0 Å². The topological polar surface area (TPSA) is 56.8 Å². The zero-order chi connectivity index (χ0) is 19.2. The van der Waals surface area contributed by atoms with Crippen LogP contribution in [0, 0.1) is 13.8 Å². The number of carbonyl (C=O) groups excluding carboxylic acids is 1. The van der Waals surface area contributed by atoms with Gasteiger partial charge >= 0.3 is 0 Å². The lowest BCUT2D eigenvalue weighted by Gasteiger charge is -2.14. The van der Waals surface area contributed by atoms with Crippen molar-refractivity contribution in [1.82, 2.24) is 5.32 Å². The second kappa shape index (κ2) is 8.91. The van der Waals surface area contributed by atoms with Crippen molar-refractivity contribution in [2.75, 3.05) is 20.3 Å². The Morgan fingerprint density at radius 1 is 1.19 bits per heavy atom. The number of hydrogen-bond donors (Lipinski definition) is 1. The third-order valence-corrected chi connectivity index (χ3v) is 4.93. The van der Waals surface area contributed by atoms with E-state index in [-0.39, 0.29) is 12.0 Å². The molecule has 1 unspecified atom stereocenters. The maximum Gasteiger partial charge on any atom is 0.251 e. The van der Waals surface area contributed by atoms with Crippen LogP contribution in [-0.4, -0.2) is 32.3 Å².